The lowest BCUT2D eigenvalue weighted by Gasteiger charge is -2.05. The molecule has 1 heterocycles. The van der Waals surface area contributed by atoms with Crippen molar-refractivity contribution in [2.24, 2.45) is 0 Å². The Hall–Kier alpha value is -1.78. The Balaban J connectivity index is 2.39. The average molecular weight is 379 g/mol. The van der Waals surface area contributed by atoms with E-state index >= 15 is 0 Å². The molecule has 0 unspecified atom stereocenters. The lowest BCUT2D eigenvalue weighted by Crippen LogP contribution is -2.01. The molecule has 0 radical (unpaired) electrons. The zero-order valence-corrected chi connectivity index (χ0v) is 14.1. The Bertz CT molecular complexity index is 886. The number of carboxylic acids is 1. The molecule has 2 N–H and O–H groups in total. The van der Waals surface area contributed by atoms with Gasteiger partial charge in [0.25, 0.3) is 0 Å². The van der Waals surface area contributed by atoms with Crippen LogP contribution in [0.3, 0.4) is 0 Å². The summed E-state index contributed by atoms with van der Waals surface area (Å²) in [5.41, 5.74) is 4.34. The van der Waals surface area contributed by atoms with Gasteiger partial charge in [0.1, 0.15) is 0 Å². The number of rotatable bonds is 3. The number of hydrogen-bond acceptors (Lipinski definition) is 1. The third-order valence-corrected chi connectivity index (χ3v) is 4.69. The van der Waals surface area contributed by atoms with E-state index in [1.807, 2.05) is 43.3 Å². The fraction of sp³-hybridized carbons (Fsp3) is 0.118. The zero-order chi connectivity index (χ0) is 15.9. The molecule has 5 heteroatoms. The minimum Gasteiger partial charge on any atom is -0.481 e. The van der Waals surface area contributed by atoms with Crippen molar-refractivity contribution in [2.75, 3.05) is 0 Å². The van der Waals surface area contributed by atoms with Crippen molar-refractivity contribution in [2.45, 2.75) is 13.3 Å². The SMILES string of the molecule is Cc1ccc(Cl)c2c(CC(=O)O)c(-c3ccccc3Br)[nH]c12. The summed E-state index contributed by atoms with van der Waals surface area (Å²) in [6.07, 6.45) is -0.0835. The fourth-order valence-corrected chi connectivity index (χ4v) is 3.44. The summed E-state index contributed by atoms with van der Waals surface area (Å²) in [5.74, 6) is -0.883. The van der Waals surface area contributed by atoms with Gasteiger partial charge in [0, 0.05) is 15.4 Å². The van der Waals surface area contributed by atoms with Gasteiger partial charge in [0.2, 0.25) is 0 Å². The fourth-order valence-electron chi connectivity index (χ4n) is 2.68. The Kier molecular flexibility index (Phi) is 3.98. The first kappa shape index (κ1) is 15.1. The number of H-pyrrole nitrogens is 1. The number of carboxylic acid groups (broad SMARTS) is 1. The van der Waals surface area contributed by atoms with Crippen LogP contribution in [0.15, 0.2) is 40.9 Å². The molecule has 1 aromatic heterocycles. The minimum absolute atomic E-state index is 0.0835. The molecule has 0 aliphatic carbocycles. The quantitative estimate of drug-likeness (QED) is 0.659. The molecule has 112 valence electrons. The molecule has 3 nitrogen and oxygen atoms in total. The van der Waals surface area contributed by atoms with Crippen LogP contribution in [-0.4, -0.2) is 16.1 Å². The molecule has 22 heavy (non-hydrogen) atoms. The lowest BCUT2D eigenvalue weighted by atomic mass is 10.0. The van der Waals surface area contributed by atoms with Crippen molar-refractivity contribution in [3.05, 3.63) is 57.0 Å². The van der Waals surface area contributed by atoms with E-state index in [4.69, 9.17) is 11.6 Å². The highest BCUT2D eigenvalue weighted by molar-refractivity contribution is 9.10. The molecule has 3 rings (SSSR count). The predicted octanol–water partition coefficient (Wildman–Crippen LogP) is 5.19. The van der Waals surface area contributed by atoms with E-state index in [0.29, 0.717) is 10.6 Å². The normalized spacial score (nSPS) is 11.0. The third-order valence-electron chi connectivity index (χ3n) is 3.69. The predicted molar refractivity (Wildman–Crippen MR) is 92.5 cm³/mol. The van der Waals surface area contributed by atoms with Gasteiger partial charge in [-0.1, -0.05) is 51.8 Å². The Morgan fingerprint density at radius 3 is 2.68 bits per heavy atom. The molecule has 2 aromatic carbocycles. The number of hydrogen-bond donors (Lipinski definition) is 2. The van der Waals surface area contributed by atoms with Crippen molar-refractivity contribution < 1.29 is 9.90 Å². The molecule has 0 fully saturated rings. The van der Waals surface area contributed by atoms with Crippen LogP contribution in [0.4, 0.5) is 0 Å². The van der Waals surface area contributed by atoms with Crippen molar-refractivity contribution in [3.8, 4) is 11.3 Å². The number of carbonyl (C=O) groups is 1. The van der Waals surface area contributed by atoms with E-state index in [0.717, 1.165) is 32.2 Å². The smallest absolute Gasteiger partial charge is 0.307 e. The van der Waals surface area contributed by atoms with Crippen molar-refractivity contribution >= 4 is 44.4 Å². The van der Waals surface area contributed by atoms with Crippen LogP contribution in [0.25, 0.3) is 22.2 Å². The number of halogens is 2. The van der Waals surface area contributed by atoms with Gasteiger partial charge in [0.05, 0.1) is 22.7 Å². The van der Waals surface area contributed by atoms with Crippen molar-refractivity contribution in [1.82, 2.24) is 4.98 Å². The van der Waals surface area contributed by atoms with E-state index in [2.05, 4.69) is 20.9 Å². The van der Waals surface area contributed by atoms with E-state index in [1.165, 1.54) is 0 Å². The molecule has 0 aliphatic heterocycles. The maximum atomic E-state index is 11.3. The summed E-state index contributed by atoms with van der Waals surface area (Å²) in [6.45, 7) is 1.98. The summed E-state index contributed by atoms with van der Waals surface area (Å²) in [7, 11) is 0. The number of aliphatic carboxylic acids is 1. The maximum absolute atomic E-state index is 11.3. The third kappa shape index (κ3) is 2.53. The summed E-state index contributed by atoms with van der Waals surface area (Å²) in [5, 5.41) is 10.6. The highest BCUT2D eigenvalue weighted by Gasteiger charge is 2.20. The molecule has 0 bridgehead atoms. The largest absolute Gasteiger partial charge is 0.481 e. The first-order valence-electron chi connectivity index (χ1n) is 6.75. The molecular formula is C17H13BrClNO2. The van der Waals surface area contributed by atoms with Gasteiger partial charge in [-0.25, -0.2) is 0 Å². The minimum atomic E-state index is -0.883. The van der Waals surface area contributed by atoms with Gasteiger partial charge in [0.15, 0.2) is 0 Å². The molecule has 0 saturated heterocycles. The highest BCUT2D eigenvalue weighted by atomic mass is 79.9. The first-order chi connectivity index (χ1) is 10.5. The van der Waals surface area contributed by atoms with Crippen LogP contribution >= 0.6 is 27.5 Å². The van der Waals surface area contributed by atoms with Crippen LogP contribution in [0.5, 0.6) is 0 Å². The highest BCUT2D eigenvalue weighted by Crippen LogP contribution is 2.38. The van der Waals surface area contributed by atoms with E-state index in [1.54, 1.807) is 0 Å². The van der Waals surface area contributed by atoms with Crippen LogP contribution in [0, 0.1) is 6.92 Å². The topological polar surface area (TPSA) is 53.1 Å². The zero-order valence-electron chi connectivity index (χ0n) is 11.8. The molecule has 0 saturated carbocycles. The summed E-state index contributed by atoms with van der Waals surface area (Å²) < 4.78 is 0.905. The number of aryl methyl sites for hydroxylation is 1. The molecule has 0 aliphatic rings. The number of benzene rings is 2. The summed E-state index contributed by atoms with van der Waals surface area (Å²) >= 11 is 9.86. The standard InChI is InChI=1S/C17H13BrClNO2/c1-9-6-7-13(19)15-11(8-14(21)22)17(20-16(9)15)10-4-2-3-5-12(10)18/h2-7,20H,8H2,1H3,(H,21,22). The van der Waals surface area contributed by atoms with E-state index in [9.17, 15) is 9.90 Å². The molecule has 0 atom stereocenters. The van der Waals surface area contributed by atoms with Crippen LogP contribution < -0.4 is 0 Å². The Morgan fingerprint density at radius 2 is 2.00 bits per heavy atom. The lowest BCUT2D eigenvalue weighted by molar-refractivity contribution is -0.136. The van der Waals surface area contributed by atoms with Gasteiger partial charge >= 0.3 is 5.97 Å². The Morgan fingerprint density at radius 1 is 1.27 bits per heavy atom. The van der Waals surface area contributed by atoms with Crippen LogP contribution in [-0.2, 0) is 11.2 Å². The molecular weight excluding hydrogens is 366 g/mol. The summed E-state index contributed by atoms with van der Waals surface area (Å²) in [6, 6.07) is 11.5. The maximum Gasteiger partial charge on any atom is 0.307 e. The van der Waals surface area contributed by atoms with Gasteiger partial charge in [-0.3, -0.25) is 4.79 Å². The van der Waals surface area contributed by atoms with Crippen molar-refractivity contribution in [3.63, 3.8) is 0 Å². The summed E-state index contributed by atoms with van der Waals surface area (Å²) in [4.78, 5) is 14.7. The van der Waals surface area contributed by atoms with Crippen LogP contribution in [0.2, 0.25) is 5.02 Å². The molecule has 3 aromatic rings. The van der Waals surface area contributed by atoms with E-state index < -0.39 is 5.97 Å². The van der Waals surface area contributed by atoms with Crippen LogP contribution in [0.1, 0.15) is 11.1 Å². The van der Waals surface area contributed by atoms with Gasteiger partial charge in [-0.15, -0.1) is 0 Å². The number of nitrogens with one attached hydrogen (secondary N) is 1. The second-order valence-electron chi connectivity index (χ2n) is 5.14. The molecule has 0 spiro atoms. The van der Waals surface area contributed by atoms with E-state index in [-0.39, 0.29) is 6.42 Å². The number of fused-ring (bicyclic) bond motifs is 1. The monoisotopic (exact) mass is 377 g/mol. The van der Waals surface area contributed by atoms with Gasteiger partial charge in [-0.2, -0.15) is 0 Å². The number of aromatic nitrogens is 1. The van der Waals surface area contributed by atoms with Gasteiger partial charge in [-0.05, 0) is 30.2 Å². The second kappa shape index (κ2) is 5.78. The van der Waals surface area contributed by atoms with Gasteiger partial charge < -0.3 is 10.1 Å². The first-order valence-corrected chi connectivity index (χ1v) is 7.92. The Labute approximate surface area is 141 Å². The second-order valence-corrected chi connectivity index (χ2v) is 6.40. The van der Waals surface area contributed by atoms with Crippen molar-refractivity contribution in [1.29, 1.82) is 0 Å². The molecule has 0 amide bonds. The number of aromatic amines is 1. The average Bonchev–Trinajstić information content (AvgIpc) is 2.83.